The second-order valence-corrected chi connectivity index (χ2v) is 6.04. The van der Waals surface area contributed by atoms with E-state index in [0.29, 0.717) is 6.42 Å². The fourth-order valence-electron chi connectivity index (χ4n) is 2.49. The van der Waals surface area contributed by atoms with E-state index in [1.807, 2.05) is 51.3 Å². The monoisotopic (exact) mass is 303 g/mol. The second-order valence-electron chi connectivity index (χ2n) is 5.16. The highest BCUT2D eigenvalue weighted by Crippen LogP contribution is 2.19. The van der Waals surface area contributed by atoms with E-state index in [4.69, 9.17) is 0 Å². The van der Waals surface area contributed by atoms with Crippen LogP contribution in [0.15, 0.2) is 29.2 Å². The lowest BCUT2D eigenvalue weighted by molar-refractivity contribution is -0.121. The summed E-state index contributed by atoms with van der Waals surface area (Å²) < 4.78 is 0. The van der Waals surface area contributed by atoms with Crippen molar-refractivity contribution in [3.05, 3.63) is 46.8 Å². The van der Waals surface area contributed by atoms with Crippen LogP contribution in [-0.2, 0) is 11.2 Å². The Morgan fingerprint density at radius 1 is 1.33 bits per heavy atom. The van der Waals surface area contributed by atoms with Crippen LogP contribution in [-0.4, -0.2) is 22.4 Å². The van der Waals surface area contributed by atoms with Gasteiger partial charge in [-0.2, -0.15) is 5.10 Å². The highest BCUT2D eigenvalue weighted by atomic mass is 32.2. The molecule has 2 rings (SSSR count). The van der Waals surface area contributed by atoms with Crippen LogP contribution >= 0.6 is 11.8 Å². The summed E-state index contributed by atoms with van der Waals surface area (Å²) in [4.78, 5) is 13.4. The van der Waals surface area contributed by atoms with Crippen LogP contribution in [0.25, 0.3) is 0 Å². The Labute approximate surface area is 129 Å². The third-order valence-corrected chi connectivity index (χ3v) is 4.26. The molecule has 4 nitrogen and oxygen atoms in total. The maximum atomic E-state index is 12.1. The summed E-state index contributed by atoms with van der Waals surface area (Å²) >= 11 is 1.70. The number of nitrogens with zero attached hydrogens (tertiary/aromatic N) is 1. The molecule has 112 valence electrons. The van der Waals surface area contributed by atoms with Gasteiger partial charge >= 0.3 is 0 Å². The Bertz CT molecular complexity index is 599. The van der Waals surface area contributed by atoms with Crippen LogP contribution in [0.3, 0.4) is 0 Å². The summed E-state index contributed by atoms with van der Waals surface area (Å²) in [6, 6.07) is 8.05. The number of thioether (sulfide) groups is 1. The summed E-state index contributed by atoms with van der Waals surface area (Å²) in [6.07, 6.45) is 2.44. The van der Waals surface area contributed by atoms with Gasteiger partial charge in [-0.1, -0.05) is 12.1 Å². The van der Waals surface area contributed by atoms with Crippen molar-refractivity contribution in [2.24, 2.45) is 0 Å². The SMILES string of the molecule is CSc1ccc(CC(=O)N[C@H](C)c2c(C)n[nH]c2C)cc1. The van der Waals surface area contributed by atoms with E-state index in [9.17, 15) is 4.79 Å². The summed E-state index contributed by atoms with van der Waals surface area (Å²) in [7, 11) is 0. The molecule has 1 aromatic carbocycles. The number of aromatic nitrogens is 2. The zero-order chi connectivity index (χ0) is 15.4. The number of aryl methyl sites for hydroxylation is 2. The first-order valence-electron chi connectivity index (χ1n) is 6.95. The Hall–Kier alpha value is -1.75. The number of benzene rings is 1. The maximum absolute atomic E-state index is 12.1. The molecule has 2 N–H and O–H groups in total. The normalized spacial score (nSPS) is 12.2. The van der Waals surface area contributed by atoms with Gasteiger partial charge in [-0.3, -0.25) is 9.89 Å². The van der Waals surface area contributed by atoms with E-state index in [1.165, 1.54) is 4.90 Å². The van der Waals surface area contributed by atoms with Gasteiger partial charge in [0.15, 0.2) is 0 Å². The average Bonchev–Trinajstić information content (AvgIpc) is 2.78. The molecule has 0 unspecified atom stereocenters. The first kappa shape index (κ1) is 15.6. The molecule has 1 amide bonds. The van der Waals surface area contributed by atoms with Crippen LogP contribution < -0.4 is 5.32 Å². The van der Waals surface area contributed by atoms with Gasteiger partial charge in [-0.15, -0.1) is 11.8 Å². The molecule has 0 fully saturated rings. The number of amides is 1. The molecule has 0 spiro atoms. The Morgan fingerprint density at radius 3 is 2.52 bits per heavy atom. The smallest absolute Gasteiger partial charge is 0.224 e. The van der Waals surface area contributed by atoms with Gasteiger partial charge in [0.2, 0.25) is 5.91 Å². The van der Waals surface area contributed by atoms with E-state index in [-0.39, 0.29) is 11.9 Å². The lowest BCUT2D eigenvalue weighted by Crippen LogP contribution is -2.28. The number of H-pyrrole nitrogens is 1. The molecule has 1 aromatic heterocycles. The van der Waals surface area contributed by atoms with Crippen molar-refractivity contribution < 1.29 is 4.79 Å². The van der Waals surface area contributed by atoms with Gasteiger partial charge in [-0.25, -0.2) is 0 Å². The number of hydrogen-bond donors (Lipinski definition) is 2. The van der Waals surface area contributed by atoms with Gasteiger partial charge in [0.05, 0.1) is 18.2 Å². The minimum atomic E-state index is -0.0401. The quantitative estimate of drug-likeness (QED) is 0.834. The first-order valence-corrected chi connectivity index (χ1v) is 8.17. The zero-order valence-electron chi connectivity index (χ0n) is 12.9. The van der Waals surface area contributed by atoms with Crippen LogP contribution in [0, 0.1) is 13.8 Å². The van der Waals surface area contributed by atoms with E-state index in [0.717, 1.165) is 22.5 Å². The molecule has 1 atom stereocenters. The summed E-state index contributed by atoms with van der Waals surface area (Å²) in [5, 5.41) is 10.2. The number of aromatic amines is 1. The molecule has 0 aliphatic rings. The van der Waals surface area contributed by atoms with Gasteiger partial charge in [0.1, 0.15) is 0 Å². The predicted molar refractivity (Wildman–Crippen MR) is 86.5 cm³/mol. The molecule has 0 saturated carbocycles. The zero-order valence-corrected chi connectivity index (χ0v) is 13.7. The number of carbonyl (C=O) groups is 1. The van der Waals surface area contributed by atoms with Crippen LogP contribution in [0.4, 0.5) is 0 Å². The van der Waals surface area contributed by atoms with Crippen molar-refractivity contribution in [2.75, 3.05) is 6.26 Å². The Kier molecular flexibility index (Phi) is 5.07. The minimum absolute atomic E-state index is 0.0272. The maximum Gasteiger partial charge on any atom is 0.224 e. The highest BCUT2D eigenvalue weighted by molar-refractivity contribution is 7.98. The molecule has 2 aromatic rings. The Balaban J connectivity index is 1.98. The van der Waals surface area contributed by atoms with E-state index in [2.05, 4.69) is 15.5 Å². The third kappa shape index (κ3) is 3.88. The largest absolute Gasteiger partial charge is 0.349 e. The molecular formula is C16H21N3OS. The molecule has 0 aliphatic heterocycles. The highest BCUT2D eigenvalue weighted by Gasteiger charge is 2.16. The van der Waals surface area contributed by atoms with Crippen LogP contribution in [0.2, 0.25) is 0 Å². The number of hydrogen-bond acceptors (Lipinski definition) is 3. The third-order valence-electron chi connectivity index (χ3n) is 3.52. The van der Waals surface area contributed by atoms with Crippen molar-refractivity contribution in [3.63, 3.8) is 0 Å². The topological polar surface area (TPSA) is 57.8 Å². The van der Waals surface area contributed by atoms with E-state index in [1.54, 1.807) is 11.8 Å². The van der Waals surface area contributed by atoms with Crippen LogP contribution in [0.5, 0.6) is 0 Å². The summed E-state index contributed by atoms with van der Waals surface area (Å²) in [5.74, 6) is 0.0272. The average molecular weight is 303 g/mol. The van der Waals surface area contributed by atoms with Gasteiger partial charge in [0.25, 0.3) is 0 Å². The minimum Gasteiger partial charge on any atom is -0.349 e. The molecular weight excluding hydrogens is 282 g/mol. The summed E-state index contributed by atoms with van der Waals surface area (Å²) in [5.41, 5.74) is 4.04. The lowest BCUT2D eigenvalue weighted by atomic mass is 10.1. The molecule has 21 heavy (non-hydrogen) atoms. The number of rotatable bonds is 5. The Morgan fingerprint density at radius 2 is 2.00 bits per heavy atom. The second kappa shape index (κ2) is 6.80. The van der Waals surface area contributed by atoms with Gasteiger partial charge in [-0.05, 0) is 44.7 Å². The van der Waals surface area contributed by atoms with Gasteiger partial charge in [0, 0.05) is 16.2 Å². The lowest BCUT2D eigenvalue weighted by Gasteiger charge is -2.14. The van der Waals surface area contributed by atoms with Crippen molar-refractivity contribution in [1.29, 1.82) is 0 Å². The van der Waals surface area contributed by atoms with E-state index < -0.39 is 0 Å². The van der Waals surface area contributed by atoms with Crippen molar-refractivity contribution in [3.8, 4) is 0 Å². The van der Waals surface area contributed by atoms with Crippen molar-refractivity contribution in [2.45, 2.75) is 38.1 Å². The molecule has 0 saturated heterocycles. The molecule has 0 aliphatic carbocycles. The number of nitrogens with one attached hydrogen (secondary N) is 2. The molecule has 5 heteroatoms. The fraction of sp³-hybridized carbons (Fsp3) is 0.375. The van der Waals surface area contributed by atoms with Gasteiger partial charge < -0.3 is 5.32 Å². The number of carbonyl (C=O) groups excluding carboxylic acids is 1. The fourth-order valence-corrected chi connectivity index (χ4v) is 2.90. The standard InChI is InChI=1S/C16H21N3OS/c1-10(16-11(2)18-19-12(16)3)17-15(20)9-13-5-7-14(21-4)8-6-13/h5-8,10H,9H2,1-4H3,(H,17,20)(H,18,19)/t10-/m1/s1. The van der Waals surface area contributed by atoms with Crippen LogP contribution in [0.1, 0.15) is 35.5 Å². The molecule has 1 heterocycles. The van der Waals surface area contributed by atoms with E-state index >= 15 is 0 Å². The first-order chi connectivity index (χ1) is 10.0. The molecule has 0 bridgehead atoms. The molecule has 0 radical (unpaired) electrons. The predicted octanol–water partition coefficient (Wildman–Crippen LogP) is 3.17. The van der Waals surface area contributed by atoms with Crippen molar-refractivity contribution in [1.82, 2.24) is 15.5 Å². The summed E-state index contributed by atoms with van der Waals surface area (Å²) in [6.45, 7) is 5.90. The van der Waals surface area contributed by atoms with Crippen molar-refractivity contribution >= 4 is 17.7 Å².